The van der Waals surface area contributed by atoms with Gasteiger partial charge in [-0.1, -0.05) is 185 Å². The molecule has 4 heteroatoms. The molecule has 0 atom stereocenters. The average Bonchev–Trinajstić information content (AvgIpc) is 3.08. The van der Waals surface area contributed by atoms with Crippen molar-refractivity contribution in [1.29, 1.82) is 0 Å². The van der Waals surface area contributed by atoms with Crippen LogP contribution in [-0.4, -0.2) is 0 Å². The Labute approximate surface area is 301 Å². The van der Waals surface area contributed by atoms with Gasteiger partial charge in [0.15, 0.2) is 0 Å². The van der Waals surface area contributed by atoms with Crippen molar-refractivity contribution in [2.75, 3.05) is 0 Å². The Morgan fingerprint density at radius 3 is 0.652 bits per heavy atom. The molecule has 220 valence electrons. The zero-order valence-electron chi connectivity index (χ0n) is 24.4. The summed E-state index contributed by atoms with van der Waals surface area (Å²) in [5.41, 5.74) is 9.45. The van der Waals surface area contributed by atoms with Crippen molar-refractivity contribution in [3.63, 3.8) is 0 Å². The second kappa shape index (κ2) is 12.2. The summed E-state index contributed by atoms with van der Waals surface area (Å²) in [6, 6.07) is 52.2. The Kier molecular flexibility index (Phi) is 7.94. The van der Waals surface area contributed by atoms with Crippen LogP contribution in [0.15, 0.2) is 163 Å². The minimum atomic E-state index is 1.06. The number of hydrogen-bond donors (Lipinski definition) is 0. The zero-order chi connectivity index (χ0) is 31.4. The molecule has 0 heterocycles. The highest BCUT2D eigenvalue weighted by atomic mass is 79.9. The SMILES string of the molecule is Brc1ccccc1-c1c2ccccc2c(-c2ccccc2Br)c2c(-c3ccccc3Br)c3ccccc3c(-c3ccccc3Br)c12. The number of hydrogen-bond acceptors (Lipinski definition) is 0. The van der Waals surface area contributed by atoms with E-state index in [0.29, 0.717) is 0 Å². The maximum absolute atomic E-state index is 3.98. The van der Waals surface area contributed by atoms with E-state index in [1.165, 1.54) is 54.6 Å². The molecule has 8 aromatic rings. The Morgan fingerprint density at radius 1 is 0.239 bits per heavy atom. The predicted molar refractivity (Wildman–Crippen MR) is 212 cm³/mol. The molecule has 0 aliphatic rings. The third kappa shape index (κ3) is 4.81. The minimum absolute atomic E-state index is 1.06. The molecule has 0 radical (unpaired) electrons. The van der Waals surface area contributed by atoms with E-state index in [4.69, 9.17) is 0 Å². The molecule has 46 heavy (non-hydrogen) atoms. The maximum Gasteiger partial charge on any atom is 0.0254 e. The molecule has 8 rings (SSSR count). The summed E-state index contributed by atoms with van der Waals surface area (Å²) >= 11 is 15.9. The van der Waals surface area contributed by atoms with Gasteiger partial charge in [-0.3, -0.25) is 0 Å². The molecule has 0 amide bonds. The van der Waals surface area contributed by atoms with Crippen LogP contribution < -0.4 is 0 Å². The lowest BCUT2D eigenvalue weighted by atomic mass is 9.77. The van der Waals surface area contributed by atoms with Gasteiger partial charge in [0.2, 0.25) is 0 Å². The lowest BCUT2D eigenvalue weighted by Gasteiger charge is -2.26. The summed E-state index contributed by atoms with van der Waals surface area (Å²) in [7, 11) is 0. The predicted octanol–water partition coefficient (Wildman–Crippen LogP) is 14.9. The maximum atomic E-state index is 3.98. The molecule has 0 N–H and O–H groups in total. The summed E-state index contributed by atoms with van der Waals surface area (Å²) in [4.78, 5) is 0. The lowest BCUT2D eigenvalue weighted by molar-refractivity contribution is 1.59. The van der Waals surface area contributed by atoms with E-state index in [2.05, 4.69) is 209 Å². The van der Waals surface area contributed by atoms with Crippen LogP contribution in [0.5, 0.6) is 0 Å². The van der Waals surface area contributed by atoms with Gasteiger partial charge in [0.25, 0.3) is 0 Å². The van der Waals surface area contributed by atoms with E-state index in [-0.39, 0.29) is 0 Å². The standard InChI is InChI=1S/C42H24Br4/c43-33-21-9-5-17-29(33)37-25-13-1-2-14-26(25)38(30-18-6-10-22-34(30)44)42-40(32-20-8-12-24-36(32)46)28-16-4-3-15-27(28)39(41(37)42)31-19-7-11-23-35(31)45/h1-24H. The summed E-state index contributed by atoms with van der Waals surface area (Å²) in [6.07, 6.45) is 0. The molecule has 0 saturated carbocycles. The summed E-state index contributed by atoms with van der Waals surface area (Å²) in [6.45, 7) is 0. The van der Waals surface area contributed by atoms with E-state index in [9.17, 15) is 0 Å². The first-order valence-electron chi connectivity index (χ1n) is 15.0. The normalized spacial score (nSPS) is 11.5. The molecule has 0 saturated heterocycles. The fraction of sp³-hybridized carbons (Fsp3) is 0. The Balaban J connectivity index is 1.81. The van der Waals surface area contributed by atoms with Crippen LogP contribution in [0.3, 0.4) is 0 Å². The molecule has 0 nitrogen and oxygen atoms in total. The quantitative estimate of drug-likeness (QED) is 0.155. The molecule has 0 aliphatic carbocycles. The second-order valence-electron chi connectivity index (χ2n) is 11.3. The Morgan fingerprint density at radius 2 is 0.435 bits per heavy atom. The van der Waals surface area contributed by atoms with Gasteiger partial charge in [-0.25, -0.2) is 0 Å². The highest BCUT2D eigenvalue weighted by Gasteiger charge is 2.27. The number of rotatable bonds is 4. The van der Waals surface area contributed by atoms with Crippen LogP contribution in [0.1, 0.15) is 0 Å². The first kappa shape index (κ1) is 29.8. The number of benzene rings is 8. The van der Waals surface area contributed by atoms with E-state index in [0.717, 1.165) is 40.1 Å². The first-order chi connectivity index (χ1) is 22.5. The van der Waals surface area contributed by atoms with Crippen LogP contribution in [0.4, 0.5) is 0 Å². The summed E-state index contributed by atoms with van der Waals surface area (Å²) in [5, 5.41) is 7.24. The van der Waals surface area contributed by atoms with Crippen LogP contribution in [0.25, 0.3) is 76.8 Å². The van der Waals surface area contributed by atoms with Gasteiger partial charge in [0.1, 0.15) is 0 Å². The van der Waals surface area contributed by atoms with Gasteiger partial charge in [-0.15, -0.1) is 0 Å². The fourth-order valence-electron chi connectivity index (χ4n) is 6.90. The van der Waals surface area contributed by atoms with Crippen molar-refractivity contribution in [3.05, 3.63) is 163 Å². The smallest absolute Gasteiger partial charge is 0.0254 e. The van der Waals surface area contributed by atoms with Crippen molar-refractivity contribution >= 4 is 96.0 Å². The van der Waals surface area contributed by atoms with Gasteiger partial charge in [0, 0.05) is 17.9 Å². The lowest BCUT2D eigenvalue weighted by Crippen LogP contribution is -1.99. The number of fused-ring (bicyclic) bond motifs is 3. The highest BCUT2D eigenvalue weighted by molar-refractivity contribution is 9.11. The molecular weight excluding hydrogens is 824 g/mol. The van der Waals surface area contributed by atoms with Crippen LogP contribution >= 0.6 is 63.7 Å². The first-order valence-corrected chi connectivity index (χ1v) is 18.1. The third-order valence-corrected chi connectivity index (χ3v) is 11.5. The molecule has 0 unspecified atom stereocenters. The van der Waals surface area contributed by atoms with Gasteiger partial charge >= 0.3 is 0 Å². The Bertz CT molecular complexity index is 2140. The van der Waals surface area contributed by atoms with Gasteiger partial charge in [0.05, 0.1) is 0 Å². The fourth-order valence-corrected chi connectivity index (χ4v) is 8.83. The molecule has 0 fully saturated rings. The largest absolute Gasteiger partial charge is 0.0616 e. The Hall–Kier alpha value is -3.54. The molecule has 8 aromatic carbocycles. The molecule has 0 bridgehead atoms. The van der Waals surface area contributed by atoms with Crippen molar-refractivity contribution in [3.8, 4) is 44.5 Å². The van der Waals surface area contributed by atoms with Gasteiger partial charge in [-0.2, -0.15) is 0 Å². The molecular formula is C42H24Br4. The van der Waals surface area contributed by atoms with Crippen LogP contribution in [0, 0.1) is 0 Å². The minimum Gasteiger partial charge on any atom is -0.0616 e. The summed E-state index contributed by atoms with van der Waals surface area (Å²) in [5.74, 6) is 0. The molecule has 0 aromatic heterocycles. The van der Waals surface area contributed by atoms with Crippen molar-refractivity contribution in [2.24, 2.45) is 0 Å². The third-order valence-electron chi connectivity index (χ3n) is 8.75. The monoisotopic (exact) mass is 844 g/mol. The average molecular weight is 848 g/mol. The zero-order valence-corrected chi connectivity index (χ0v) is 30.7. The van der Waals surface area contributed by atoms with E-state index >= 15 is 0 Å². The number of halogens is 4. The highest BCUT2D eigenvalue weighted by Crippen LogP contribution is 2.56. The van der Waals surface area contributed by atoms with E-state index in [1.807, 2.05) is 0 Å². The second-order valence-corrected chi connectivity index (χ2v) is 14.7. The summed E-state index contributed by atoms with van der Waals surface area (Å²) < 4.78 is 4.24. The molecule has 0 aliphatic heterocycles. The van der Waals surface area contributed by atoms with Crippen LogP contribution in [-0.2, 0) is 0 Å². The van der Waals surface area contributed by atoms with Gasteiger partial charge in [-0.05, 0) is 101 Å². The van der Waals surface area contributed by atoms with Crippen molar-refractivity contribution in [1.82, 2.24) is 0 Å². The molecule has 0 spiro atoms. The van der Waals surface area contributed by atoms with Gasteiger partial charge < -0.3 is 0 Å². The topological polar surface area (TPSA) is 0 Å². The van der Waals surface area contributed by atoms with Crippen molar-refractivity contribution < 1.29 is 0 Å². The van der Waals surface area contributed by atoms with Crippen molar-refractivity contribution in [2.45, 2.75) is 0 Å². The van der Waals surface area contributed by atoms with E-state index in [1.54, 1.807) is 0 Å². The van der Waals surface area contributed by atoms with Crippen LogP contribution in [0.2, 0.25) is 0 Å². The van der Waals surface area contributed by atoms with E-state index < -0.39 is 0 Å².